The van der Waals surface area contributed by atoms with Crippen molar-refractivity contribution in [2.45, 2.75) is 30.4 Å². The van der Waals surface area contributed by atoms with E-state index in [9.17, 15) is 0 Å². The van der Waals surface area contributed by atoms with Crippen LogP contribution in [0.15, 0.2) is 72.1 Å². The Bertz CT molecular complexity index is 1120. The molecule has 0 amide bonds. The van der Waals surface area contributed by atoms with E-state index in [0.29, 0.717) is 10.8 Å². The predicted octanol–water partition coefficient (Wildman–Crippen LogP) is 5.08. The topological polar surface area (TPSA) is 51.8 Å². The number of imidazole rings is 1. The van der Waals surface area contributed by atoms with E-state index in [0.717, 1.165) is 29.0 Å². The van der Waals surface area contributed by atoms with Crippen LogP contribution in [-0.2, 0) is 12.3 Å². The van der Waals surface area contributed by atoms with Crippen LogP contribution in [0.4, 0.5) is 0 Å². The van der Waals surface area contributed by atoms with Gasteiger partial charge in [-0.2, -0.15) is 0 Å². The van der Waals surface area contributed by atoms with Crippen molar-refractivity contribution in [2.75, 3.05) is 14.1 Å². The summed E-state index contributed by atoms with van der Waals surface area (Å²) in [5.74, 6) is 2.59. The quantitative estimate of drug-likeness (QED) is 0.349. The molecule has 0 aliphatic rings. The van der Waals surface area contributed by atoms with Crippen LogP contribution >= 0.6 is 23.4 Å². The minimum atomic E-state index is 0.109. The number of aromatic nitrogens is 5. The molecule has 0 spiro atoms. The molecule has 0 saturated heterocycles. The van der Waals surface area contributed by atoms with Crippen LogP contribution in [-0.4, -0.2) is 43.3 Å². The molecular formula is C23H25ClN6S. The van der Waals surface area contributed by atoms with E-state index in [1.807, 2.05) is 56.8 Å². The Hall–Kier alpha value is -2.61. The minimum absolute atomic E-state index is 0.109. The van der Waals surface area contributed by atoms with Gasteiger partial charge in [-0.1, -0.05) is 53.7 Å². The normalized spacial score (nSPS) is 12.4. The number of rotatable bonds is 8. The number of thioether (sulfide) groups is 1. The molecule has 160 valence electrons. The molecule has 0 unspecified atom stereocenters. The summed E-state index contributed by atoms with van der Waals surface area (Å²) in [7, 11) is 4.08. The van der Waals surface area contributed by atoms with E-state index in [1.54, 1.807) is 11.8 Å². The zero-order valence-electron chi connectivity index (χ0n) is 17.8. The van der Waals surface area contributed by atoms with E-state index in [1.165, 1.54) is 5.56 Å². The fraction of sp³-hybridized carbons (Fsp3) is 0.261. The first kappa shape index (κ1) is 21.6. The standard InChI is InChI=1S/C23H25ClN6S/c1-17(28(2)3)22-26-27-23(30(22)20-11-9-19(24)10-12-20)31-16-21-25-13-14-29(21)15-18-7-5-4-6-8-18/h4-14,17H,15-16H2,1-3H3/t17-/m1/s1. The van der Waals surface area contributed by atoms with E-state index >= 15 is 0 Å². The highest BCUT2D eigenvalue weighted by Gasteiger charge is 2.21. The van der Waals surface area contributed by atoms with Crippen molar-refractivity contribution in [2.24, 2.45) is 0 Å². The van der Waals surface area contributed by atoms with Crippen molar-refractivity contribution in [3.05, 3.63) is 89.2 Å². The summed E-state index contributed by atoms with van der Waals surface area (Å²) in [5.41, 5.74) is 2.24. The first-order valence-electron chi connectivity index (χ1n) is 10.1. The second-order valence-electron chi connectivity index (χ2n) is 7.54. The molecule has 4 aromatic rings. The summed E-state index contributed by atoms with van der Waals surface area (Å²) in [6.45, 7) is 2.92. The zero-order chi connectivity index (χ0) is 21.8. The van der Waals surface area contributed by atoms with Crippen molar-refractivity contribution in [1.29, 1.82) is 0 Å². The molecule has 2 heterocycles. The van der Waals surface area contributed by atoms with Crippen molar-refractivity contribution >= 4 is 23.4 Å². The van der Waals surface area contributed by atoms with Crippen LogP contribution in [0.5, 0.6) is 0 Å². The molecule has 31 heavy (non-hydrogen) atoms. The van der Waals surface area contributed by atoms with Gasteiger partial charge < -0.3 is 4.57 Å². The van der Waals surface area contributed by atoms with Crippen LogP contribution < -0.4 is 0 Å². The van der Waals surface area contributed by atoms with Crippen molar-refractivity contribution < 1.29 is 0 Å². The molecular weight excluding hydrogens is 428 g/mol. The third-order valence-electron chi connectivity index (χ3n) is 5.22. The Kier molecular flexibility index (Phi) is 6.75. The average Bonchev–Trinajstić information content (AvgIpc) is 3.39. The lowest BCUT2D eigenvalue weighted by Gasteiger charge is -2.20. The summed E-state index contributed by atoms with van der Waals surface area (Å²) in [6.07, 6.45) is 3.87. The summed E-state index contributed by atoms with van der Waals surface area (Å²) in [4.78, 5) is 6.69. The van der Waals surface area contributed by atoms with Gasteiger partial charge in [0.15, 0.2) is 11.0 Å². The molecule has 2 aromatic heterocycles. The Morgan fingerprint density at radius 2 is 1.77 bits per heavy atom. The van der Waals surface area contributed by atoms with Crippen molar-refractivity contribution in [1.82, 2.24) is 29.2 Å². The zero-order valence-corrected chi connectivity index (χ0v) is 19.4. The summed E-state index contributed by atoms with van der Waals surface area (Å²) < 4.78 is 4.28. The Morgan fingerprint density at radius 1 is 1.03 bits per heavy atom. The number of hydrogen-bond donors (Lipinski definition) is 0. The number of benzene rings is 2. The van der Waals surface area contributed by atoms with Gasteiger partial charge in [-0.25, -0.2) is 4.98 Å². The maximum atomic E-state index is 6.11. The van der Waals surface area contributed by atoms with Gasteiger partial charge in [0.1, 0.15) is 5.82 Å². The third-order valence-corrected chi connectivity index (χ3v) is 6.40. The van der Waals surface area contributed by atoms with E-state index in [4.69, 9.17) is 11.6 Å². The maximum Gasteiger partial charge on any atom is 0.196 e. The van der Waals surface area contributed by atoms with Crippen LogP contribution in [0.1, 0.15) is 30.2 Å². The maximum absolute atomic E-state index is 6.11. The SMILES string of the molecule is C[C@H](c1nnc(SCc2nccn2Cc2ccccc2)n1-c1ccc(Cl)cc1)N(C)C. The van der Waals surface area contributed by atoms with E-state index < -0.39 is 0 Å². The predicted molar refractivity (Wildman–Crippen MR) is 126 cm³/mol. The molecule has 0 saturated carbocycles. The number of halogens is 1. The van der Waals surface area contributed by atoms with Crippen LogP contribution in [0.25, 0.3) is 5.69 Å². The molecule has 4 rings (SSSR count). The van der Waals surface area contributed by atoms with Gasteiger partial charge in [-0.15, -0.1) is 10.2 Å². The molecule has 6 nitrogen and oxygen atoms in total. The molecule has 0 N–H and O–H groups in total. The number of nitrogens with zero attached hydrogens (tertiary/aromatic N) is 6. The fourth-order valence-electron chi connectivity index (χ4n) is 3.24. The van der Waals surface area contributed by atoms with Gasteiger partial charge in [-0.05, 0) is 50.8 Å². The van der Waals surface area contributed by atoms with Crippen LogP contribution in [0.2, 0.25) is 5.02 Å². The van der Waals surface area contributed by atoms with Gasteiger partial charge in [-0.3, -0.25) is 9.47 Å². The molecule has 1 atom stereocenters. The van der Waals surface area contributed by atoms with Gasteiger partial charge in [0.2, 0.25) is 0 Å². The van der Waals surface area contributed by atoms with Gasteiger partial charge in [0.05, 0.1) is 11.8 Å². The van der Waals surface area contributed by atoms with Gasteiger partial charge in [0, 0.05) is 29.6 Å². The first-order valence-corrected chi connectivity index (χ1v) is 11.4. The summed E-state index contributed by atoms with van der Waals surface area (Å²) >= 11 is 7.75. The van der Waals surface area contributed by atoms with Gasteiger partial charge >= 0.3 is 0 Å². The highest BCUT2D eigenvalue weighted by atomic mass is 35.5. The highest BCUT2D eigenvalue weighted by molar-refractivity contribution is 7.98. The monoisotopic (exact) mass is 452 g/mol. The summed E-state index contributed by atoms with van der Waals surface area (Å²) in [5, 5.41) is 10.6. The molecule has 0 aliphatic heterocycles. The van der Waals surface area contributed by atoms with Crippen molar-refractivity contribution in [3.8, 4) is 5.69 Å². The summed E-state index contributed by atoms with van der Waals surface area (Å²) in [6, 6.07) is 18.3. The molecule has 0 radical (unpaired) electrons. The molecule has 0 fully saturated rings. The molecule has 0 aliphatic carbocycles. The minimum Gasteiger partial charge on any atom is -0.330 e. The lowest BCUT2D eigenvalue weighted by atomic mass is 10.2. The first-order chi connectivity index (χ1) is 15.0. The Morgan fingerprint density at radius 3 is 2.48 bits per heavy atom. The lowest BCUT2D eigenvalue weighted by Crippen LogP contribution is -2.20. The fourth-order valence-corrected chi connectivity index (χ4v) is 4.29. The van der Waals surface area contributed by atoms with Gasteiger partial charge in [0.25, 0.3) is 0 Å². The van der Waals surface area contributed by atoms with E-state index in [2.05, 4.69) is 60.4 Å². The lowest BCUT2D eigenvalue weighted by molar-refractivity contribution is 0.305. The molecule has 2 aromatic carbocycles. The van der Waals surface area contributed by atoms with Crippen LogP contribution in [0, 0.1) is 0 Å². The molecule has 0 bridgehead atoms. The second kappa shape index (κ2) is 9.68. The average molecular weight is 453 g/mol. The highest BCUT2D eigenvalue weighted by Crippen LogP contribution is 2.29. The number of hydrogen-bond acceptors (Lipinski definition) is 5. The smallest absolute Gasteiger partial charge is 0.196 e. The van der Waals surface area contributed by atoms with Crippen LogP contribution in [0.3, 0.4) is 0 Å². The van der Waals surface area contributed by atoms with Crippen molar-refractivity contribution in [3.63, 3.8) is 0 Å². The third kappa shape index (κ3) is 5.01. The Balaban J connectivity index is 1.60. The molecule has 8 heteroatoms. The largest absolute Gasteiger partial charge is 0.330 e. The van der Waals surface area contributed by atoms with E-state index in [-0.39, 0.29) is 6.04 Å². The Labute approximate surface area is 191 Å². The second-order valence-corrected chi connectivity index (χ2v) is 8.92.